The molecule has 1 aliphatic heterocycles. The number of benzene rings is 1. The minimum atomic E-state index is -0.939. The highest BCUT2D eigenvalue weighted by Gasteiger charge is 2.46. The molecule has 1 saturated carbocycles. The third kappa shape index (κ3) is 4.45. The first kappa shape index (κ1) is 20.6. The van der Waals surface area contributed by atoms with Crippen molar-refractivity contribution in [2.75, 3.05) is 13.1 Å². The number of hydrogen-bond acceptors (Lipinski definition) is 4. The average Bonchev–Trinajstić information content (AvgIpc) is 2.73. The van der Waals surface area contributed by atoms with E-state index in [1.165, 1.54) is 11.1 Å². The molecule has 0 unspecified atom stereocenters. The molecule has 2 aliphatic rings. The van der Waals surface area contributed by atoms with Gasteiger partial charge in [0.15, 0.2) is 0 Å². The second kappa shape index (κ2) is 8.88. The van der Waals surface area contributed by atoms with Crippen molar-refractivity contribution in [1.29, 1.82) is 0 Å². The average molecular weight is 386 g/mol. The van der Waals surface area contributed by atoms with E-state index in [1.807, 2.05) is 25.1 Å². The quantitative estimate of drug-likeness (QED) is 0.536. The third-order valence-corrected chi connectivity index (χ3v) is 6.15. The van der Waals surface area contributed by atoms with Gasteiger partial charge in [-0.3, -0.25) is 14.8 Å². The van der Waals surface area contributed by atoms with Gasteiger partial charge >= 0.3 is 0 Å². The lowest BCUT2D eigenvalue weighted by Gasteiger charge is -2.41. The van der Waals surface area contributed by atoms with E-state index in [0.29, 0.717) is 32.4 Å². The molecule has 1 aromatic carbocycles. The molecule has 1 heterocycles. The predicted octanol–water partition coefficient (Wildman–Crippen LogP) is 2.76. The van der Waals surface area contributed by atoms with Crippen LogP contribution in [0.1, 0.15) is 51.0 Å². The maximum Gasteiger partial charge on any atom is 0.247 e. The molecule has 0 spiro atoms. The first-order valence-corrected chi connectivity index (χ1v) is 10.2. The SMILES string of the molecule is CCC[C@]1(O)CC[C@H](C(=O)N2CC=C(c3ccccc3)CC2)[C@@H](C(=O)NO)C1. The van der Waals surface area contributed by atoms with Gasteiger partial charge in [-0.25, -0.2) is 5.48 Å². The summed E-state index contributed by atoms with van der Waals surface area (Å²) in [6.07, 6.45) is 5.43. The monoisotopic (exact) mass is 386 g/mol. The number of carbonyl (C=O) groups excluding carboxylic acids is 2. The maximum atomic E-state index is 13.1. The lowest BCUT2D eigenvalue weighted by Crippen LogP contribution is -2.51. The molecule has 3 rings (SSSR count). The lowest BCUT2D eigenvalue weighted by molar-refractivity contribution is -0.153. The Kier molecular flexibility index (Phi) is 6.52. The third-order valence-electron chi connectivity index (χ3n) is 6.15. The van der Waals surface area contributed by atoms with Crippen LogP contribution in [0.4, 0.5) is 0 Å². The standard InChI is InChI=1S/C22H30N2O4/c1-2-11-22(27)12-8-18(19(15-22)20(25)23-28)21(26)24-13-9-17(10-14-24)16-6-4-3-5-7-16/h3-7,9,18-19,27-28H,2,8,10-15H2,1H3,(H,23,25)/t18-,19-,22-/m0/s1. The summed E-state index contributed by atoms with van der Waals surface area (Å²) >= 11 is 0. The number of carbonyl (C=O) groups is 2. The Morgan fingerprint density at radius 1 is 1.25 bits per heavy atom. The molecule has 1 aromatic rings. The van der Waals surface area contributed by atoms with E-state index >= 15 is 0 Å². The van der Waals surface area contributed by atoms with Crippen molar-refractivity contribution in [1.82, 2.24) is 10.4 Å². The van der Waals surface area contributed by atoms with Gasteiger partial charge in [-0.2, -0.15) is 0 Å². The van der Waals surface area contributed by atoms with E-state index in [9.17, 15) is 14.7 Å². The molecule has 28 heavy (non-hydrogen) atoms. The molecule has 1 aliphatic carbocycles. The summed E-state index contributed by atoms with van der Waals surface area (Å²) in [7, 11) is 0. The molecule has 0 bridgehead atoms. The van der Waals surface area contributed by atoms with Gasteiger partial charge in [-0.15, -0.1) is 0 Å². The molecular formula is C22H30N2O4. The first-order valence-electron chi connectivity index (χ1n) is 10.2. The number of nitrogens with one attached hydrogen (secondary N) is 1. The summed E-state index contributed by atoms with van der Waals surface area (Å²) in [6, 6.07) is 10.1. The van der Waals surface area contributed by atoms with E-state index < -0.39 is 23.3 Å². The molecule has 6 nitrogen and oxygen atoms in total. The fourth-order valence-corrected chi connectivity index (χ4v) is 4.64. The number of hydrogen-bond donors (Lipinski definition) is 3. The highest BCUT2D eigenvalue weighted by Crippen LogP contribution is 2.40. The van der Waals surface area contributed by atoms with E-state index in [-0.39, 0.29) is 12.3 Å². The molecule has 3 N–H and O–H groups in total. The van der Waals surface area contributed by atoms with Crippen LogP contribution in [0.2, 0.25) is 0 Å². The summed E-state index contributed by atoms with van der Waals surface area (Å²) < 4.78 is 0. The van der Waals surface area contributed by atoms with Crippen LogP contribution < -0.4 is 5.48 Å². The van der Waals surface area contributed by atoms with Crippen molar-refractivity contribution in [3.8, 4) is 0 Å². The van der Waals surface area contributed by atoms with Crippen LogP contribution in [0.15, 0.2) is 36.4 Å². The Balaban J connectivity index is 1.70. The Morgan fingerprint density at radius 3 is 2.61 bits per heavy atom. The van der Waals surface area contributed by atoms with Gasteiger partial charge < -0.3 is 10.0 Å². The van der Waals surface area contributed by atoms with Crippen LogP contribution in [0.3, 0.4) is 0 Å². The molecule has 0 aromatic heterocycles. The molecular weight excluding hydrogens is 356 g/mol. The van der Waals surface area contributed by atoms with Crippen molar-refractivity contribution in [3.63, 3.8) is 0 Å². The number of nitrogens with zero attached hydrogens (tertiary/aromatic N) is 1. The first-order chi connectivity index (χ1) is 13.5. The van der Waals surface area contributed by atoms with Crippen LogP contribution in [-0.4, -0.2) is 45.7 Å². The Bertz CT molecular complexity index is 733. The summed E-state index contributed by atoms with van der Waals surface area (Å²) in [4.78, 5) is 27.2. The zero-order chi connectivity index (χ0) is 20.1. The molecule has 0 saturated heterocycles. The van der Waals surface area contributed by atoms with Gasteiger partial charge in [0.25, 0.3) is 0 Å². The topological polar surface area (TPSA) is 89.9 Å². The molecule has 6 heteroatoms. The normalized spacial score (nSPS) is 27.8. The van der Waals surface area contributed by atoms with Crippen LogP contribution >= 0.6 is 0 Å². The van der Waals surface area contributed by atoms with Crippen molar-refractivity contribution in [2.24, 2.45) is 11.8 Å². The number of aliphatic hydroxyl groups is 1. The van der Waals surface area contributed by atoms with Gasteiger partial charge in [0.2, 0.25) is 11.8 Å². The number of hydroxylamine groups is 1. The molecule has 1 fully saturated rings. The van der Waals surface area contributed by atoms with Crippen LogP contribution in [0.25, 0.3) is 5.57 Å². The van der Waals surface area contributed by atoms with Gasteiger partial charge in [-0.05, 0) is 43.2 Å². The molecule has 0 radical (unpaired) electrons. The van der Waals surface area contributed by atoms with Crippen LogP contribution in [0.5, 0.6) is 0 Å². The van der Waals surface area contributed by atoms with Gasteiger partial charge in [0.05, 0.1) is 17.4 Å². The van der Waals surface area contributed by atoms with Gasteiger partial charge in [0.1, 0.15) is 0 Å². The molecule has 3 atom stereocenters. The summed E-state index contributed by atoms with van der Waals surface area (Å²) in [6.45, 7) is 3.12. The lowest BCUT2D eigenvalue weighted by atomic mass is 9.69. The zero-order valence-electron chi connectivity index (χ0n) is 16.4. The predicted molar refractivity (Wildman–Crippen MR) is 106 cm³/mol. The summed E-state index contributed by atoms with van der Waals surface area (Å²) in [5.41, 5.74) is 3.17. The number of rotatable bonds is 5. The zero-order valence-corrected chi connectivity index (χ0v) is 16.4. The highest BCUT2D eigenvalue weighted by atomic mass is 16.5. The minimum absolute atomic E-state index is 0.0597. The van der Waals surface area contributed by atoms with E-state index in [2.05, 4.69) is 18.2 Å². The molecule has 2 amide bonds. The molecule has 152 valence electrons. The second-order valence-corrected chi connectivity index (χ2v) is 8.04. The highest BCUT2D eigenvalue weighted by molar-refractivity contribution is 5.88. The Hall–Kier alpha value is -2.18. The summed E-state index contributed by atoms with van der Waals surface area (Å²) in [5.74, 6) is -1.85. The number of amides is 2. The minimum Gasteiger partial charge on any atom is -0.390 e. The van der Waals surface area contributed by atoms with Gasteiger partial charge in [0, 0.05) is 13.1 Å². The van der Waals surface area contributed by atoms with Crippen molar-refractivity contribution >= 4 is 17.4 Å². The van der Waals surface area contributed by atoms with Gasteiger partial charge in [-0.1, -0.05) is 49.8 Å². The van der Waals surface area contributed by atoms with Crippen molar-refractivity contribution in [2.45, 2.75) is 51.0 Å². The fourth-order valence-electron chi connectivity index (χ4n) is 4.64. The van der Waals surface area contributed by atoms with Crippen LogP contribution in [-0.2, 0) is 9.59 Å². The van der Waals surface area contributed by atoms with E-state index in [0.717, 1.165) is 12.8 Å². The van der Waals surface area contributed by atoms with E-state index in [4.69, 9.17) is 5.21 Å². The fraction of sp³-hybridized carbons (Fsp3) is 0.545. The smallest absolute Gasteiger partial charge is 0.247 e. The summed E-state index contributed by atoms with van der Waals surface area (Å²) in [5, 5.41) is 19.9. The largest absolute Gasteiger partial charge is 0.390 e. The van der Waals surface area contributed by atoms with Crippen molar-refractivity contribution in [3.05, 3.63) is 42.0 Å². The Labute approximate surface area is 166 Å². The second-order valence-electron chi connectivity index (χ2n) is 8.04. The van der Waals surface area contributed by atoms with Crippen LogP contribution in [0, 0.1) is 11.8 Å². The van der Waals surface area contributed by atoms with Crippen molar-refractivity contribution < 1.29 is 19.9 Å². The van der Waals surface area contributed by atoms with E-state index in [1.54, 1.807) is 10.4 Å². The Morgan fingerprint density at radius 2 is 2.00 bits per heavy atom. The maximum absolute atomic E-state index is 13.1.